The molecule has 0 aliphatic rings. The number of sulfone groups is 1. The van der Waals surface area contributed by atoms with E-state index < -0.39 is 9.84 Å². The summed E-state index contributed by atoms with van der Waals surface area (Å²) in [6.45, 7) is 4.11. The number of hydrogen-bond acceptors (Lipinski definition) is 5. The van der Waals surface area contributed by atoms with Gasteiger partial charge in [0.15, 0.2) is 9.84 Å². The molecule has 0 aliphatic carbocycles. The first-order valence-corrected chi connectivity index (χ1v) is 9.69. The Morgan fingerprint density at radius 3 is 2.36 bits per heavy atom. The van der Waals surface area contributed by atoms with E-state index >= 15 is 0 Å². The smallest absolute Gasteiger partial charge is 0.226 e. The van der Waals surface area contributed by atoms with Crippen molar-refractivity contribution in [3.05, 3.63) is 65.5 Å². The van der Waals surface area contributed by atoms with Crippen LogP contribution in [0.15, 0.2) is 57.8 Å². The highest BCUT2D eigenvalue weighted by molar-refractivity contribution is 7.90. The quantitative estimate of drug-likeness (QED) is 0.692. The summed E-state index contributed by atoms with van der Waals surface area (Å²) in [6.07, 6.45) is 1.18. The molecule has 3 rings (SSSR count). The first-order valence-electron chi connectivity index (χ1n) is 7.80. The zero-order valence-electron chi connectivity index (χ0n) is 14.3. The zero-order valence-corrected chi connectivity index (χ0v) is 15.1. The second-order valence-corrected chi connectivity index (χ2v) is 7.88. The van der Waals surface area contributed by atoms with Gasteiger partial charge in [-0.15, -0.1) is 0 Å². The molecule has 0 atom stereocenters. The first kappa shape index (κ1) is 17.2. The van der Waals surface area contributed by atoms with Crippen LogP contribution in [0.1, 0.15) is 17.0 Å². The van der Waals surface area contributed by atoms with E-state index in [0.29, 0.717) is 23.1 Å². The van der Waals surface area contributed by atoms with E-state index in [1.165, 1.54) is 18.4 Å². The molecule has 1 aromatic heterocycles. The van der Waals surface area contributed by atoms with E-state index in [4.69, 9.17) is 9.15 Å². The maximum Gasteiger partial charge on any atom is 0.226 e. The SMILES string of the molecule is Cc1ccccc1-c1nc(COc2ccc(S(C)(=O)=O)cc2)c(C)o1. The van der Waals surface area contributed by atoms with Gasteiger partial charge in [-0.2, -0.15) is 0 Å². The van der Waals surface area contributed by atoms with Crippen molar-refractivity contribution in [3.8, 4) is 17.2 Å². The Hall–Kier alpha value is -2.60. The summed E-state index contributed by atoms with van der Waals surface area (Å²) in [5.41, 5.74) is 2.76. The van der Waals surface area contributed by atoms with Crippen LogP contribution in [-0.2, 0) is 16.4 Å². The van der Waals surface area contributed by atoms with E-state index in [2.05, 4.69) is 4.98 Å². The Labute approximate surface area is 147 Å². The van der Waals surface area contributed by atoms with Gasteiger partial charge in [0.1, 0.15) is 23.8 Å². The molecule has 0 radical (unpaired) electrons. The van der Waals surface area contributed by atoms with E-state index in [0.717, 1.165) is 11.1 Å². The fourth-order valence-electron chi connectivity index (χ4n) is 2.42. The molecule has 1 heterocycles. The molecule has 25 heavy (non-hydrogen) atoms. The number of hydrogen-bond donors (Lipinski definition) is 0. The molecule has 0 saturated carbocycles. The van der Waals surface area contributed by atoms with Gasteiger partial charge in [0.25, 0.3) is 0 Å². The van der Waals surface area contributed by atoms with Crippen molar-refractivity contribution in [2.75, 3.05) is 6.26 Å². The van der Waals surface area contributed by atoms with E-state index in [9.17, 15) is 8.42 Å². The molecular weight excluding hydrogens is 338 g/mol. The molecule has 0 bridgehead atoms. The second kappa shape index (κ2) is 6.72. The van der Waals surface area contributed by atoms with Crippen LogP contribution in [0.25, 0.3) is 11.5 Å². The van der Waals surface area contributed by atoms with Crippen LogP contribution >= 0.6 is 0 Å². The summed E-state index contributed by atoms with van der Waals surface area (Å²) in [6, 6.07) is 14.2. The number of rotatable bonds is 5. The van der Waals surface area contributed by atoms with Crippen molar-refractivity contribution >= 4 is 9.84 Å². The summed E-state index contributed by atoms with van der Waals surface area (Å²) in [4.78, 5) is 4.79. The van der Waals surface area contributed by atoms with Crippen LogP contribution in [-0.4, -0.2) is 19.7 Å². The fourth-order valence-corrected chi connectivity index (χ4v) is 3.06. The van der Waals surface area contributed by atoms with Crippen LogP contribution < -0.4 is 4.74 Å². The van der Waals surface area contributed by atoms with Gasteiger partial charge in [-0.25, -0.2) is 13.4 Å². The van der Waals surface area contributed by atoms with E-state index in [1.807, 2.05) is 38.1 Å². The topological polar surface area (TPSA) is 69.4 Å². The normalized spacial score (nSPS) is 11.5. The third-order valence-corrected chi connectivity index (χ3v) is 5.02. The first-order chi connectivity index (χ1) is 11.8. The molecule has 0 spiro atoms. The van der Waals surface area contributed by atoms with Gasteiger partial charge in [-0.05, 0) is 49.7 Å². The highest BCUT2D eigenvalue weighted by Gasteiger charge is 2.14. The predicted molar refractivity (Wildman–Crippen MR) is 95.3 cm³/mol. The standard InChI is InChI=1S/C19H19NO4S/c1-13-6-4-5-7-17(13)19-20-18(14(2)24-19)12-23-15-8-10-16(11-9-15)25(3,21)22/h4-11H,12H2,1-3H3. The van der Waals surface area contributed by atoms with Gasteiger partial charge in [-0.1, -0.05) is 18.2 Å². The van der Waals surface area contributed by atoms with Gasteiger partial charge in [-0.3, -0.25) is 0 Å². The molecule has 0 unspecified atom stereocenters. The fraction of sp³-hybridized carbons (Fsp3) is 0.211. The summed E-state index contributed by atoms with van der Waals surface area (Å²) < 4.78 is 34.4. The number of aryl methyl sites for hydroxylation is 2. The van der Waals surface area contributed by atoms with Crippen LogP contribution in [0.3, 0.4) is 0 Å². The molecule has 0 fully saturated rings. The van der Waals surface area contributed by atoms with Gasteiger partial charge < -0.3 is 9.15 Å². The van der Waals surface area contributed by atoms with Crippen molar-refractivity contribution in [2.24, 2.45) is 0 Å². The second-order valence-electron chi connectivity index (χ2n) is 5.87. The van der Waals surface area contributed by atoms with Gasteiger partial charge >= 0.3 is 0 Å². The Morgan fingerprint density at radius 1 is 1.04 bits per heavy atom. The van der Waals surface area contributed by atoms with Crippen molar-refractivity contribution in [1.82, 2.24) is 4.98 Å². The van der Waals surface area contributed by atoms with Crippen LogP contribution in [0.5, 0.6) is 5.75 Å². The Bertz CT molecular complexity index is 989. The van der Waals surface area contributed by atoms with Gasteiger partial charge in [0.05, 0.1) is 4.90 Å². The molecule has 0 N–H and O–H groups in total. The highest BCUT2D eigenvalue weighted by Crippen LogP contribution is 2.25. The Morgan fingerprint density at radius 2 is 1.72 bits per heavy atom. The summed E-state index contributed by atoms with van der Waals surface area (Å²) in [5.74, 6) is 1.85. The lowest BCUT2D eigenvalue weighted by atomic mass is 10.1. The van der Waals surface area contributed by atoms with E-state index in [1.54, 1.807) is 12.1 Å². The minimum absolute atomic E-state index is 0.249. The summed E-state index contributed by atoms with van der Waals surface area (Å²) >= 11 is 0. The average molecular weight is 357 g/mol. The lowest BCUT2D eigenvalue weighted by Gasteiger charge is -2.05. The third-order valence-electron chi connectivity index (χ3n) is 3.90. The average Bonchev–Trinajstić information content (AvgIpc) is 2.93. The minimum Gasteiger partial charge on any atom is -0.487 e. The monoisotopic (exact) mass is 357 g/mol. The number of nitrogens with zero attached hydrogens (tertiary/aromatic N) is 1. The Balaban J connectivity index is 1.75. The number of aromatic nitrogens is 1. The van der Waals surface area contributed by atoms with Crippen molar-refractivity contribution < 1.29 is 17.6 Å². The van der Waals surface area contributed by atoms with Gasteiger partial charge in [0, 0.05) is 11.8 Å². The number of ether oxygens (including phenoxy) is 1. The molecular formula is C19H19NO4S. The maximum atomic E-state index is 11.5. The van der Waals surface area contributed by atoms with E-state index in [-0.39, 0.29) is 11.5 Å². The predicted octanol–water partition coefficient (Wildman–Crippen LogP) is 3.94. The van der Waals surface area contributed by atoms with Gasteiger partial charge in [0.2, 0.25) is 5.89 Å². The molecule has 6 heteroatoms. The van der Waals surface area contributed by atoms with Crippen molar-refractivity contribution in [3.63, 3.8) is 0 Å². The summed E-state index contributed by atoms with van der Waals surface area (Å²) in [7, 11) is -3.21. The lowest BCUT2D eigenvalue weighted by molar-refractivity contribution is 0.299. The molecule has 0 saturated heterocycles. The van der Waals surface area contributed by atoms with Crippen molar-refractivity contribution in [2.45, 2.75) is 25.3 Å². The molecule has 2 aromatic carbocycles. The number of oxazole rings is 1. The van der Waals surface area contributed by atoms with Crippen LogP contribution in [0.4, 0.5) is 0 Å². The molecule has 0 aliphatic heterocycles. The number of benzene rings is 2. The Kier molecular flexibility index (Phi) is 4.63. The highest BCUT2D eigenvalue weighted by atomic mass is 32.2. The molecule has 0 amide bonds. The zero-order chi connectivity index (χ0) is 18.0. The summed E-state index contributed by atoms with van der Waals surface area (Å²) in [5, 5.41) is 0. The molecule has 5 nitrogen and oxygen atoms in total. The van der Waals surface area contributed by atoms with Crippen LogP contribution in [0, 0.1) is 13.8 Å². The largest absolute Gasteiger partial charge is 0.487 e. The maximum absolute atomic E-state index is 11.5. The molecule has 3 aromatic rings. The lowest BCUT2D eigenvalue weighted by Crippen LogP contribution is -1.99. The van der Waals surface area contributed by atoms with Crippen LogP contribution in [0.2, 0.25) is 0 Å². The van der Waals surface area contributed by atoms with Crippen molar-refractivity contribution in [1.29, 1.82) is 0 Å². The minimum atomic E-state index is -3.21. The third kappa shape index (κ3) is 3.91. The molecule has 130 valence electrons.